The second-order valence-corrected chi connectivity index (χ2v) is 5.26. The Balaban J connectivity index is 2.60. The average molecular weight is 242 g/mol. The number of hydrogen-bond donors (Lipinski definition) is 1. The highest BCUT2D eigenvalue weighted by molar-refractivity contribution is 6.01. The van der Waals surface area contributed by atoms with Crippen molar-refractivity contribution < 1.29 is 14.3 Å². The zero-order valence-electron chi connectivity index (χ0n) is 10.9. The lowest BCUT2D eigenvalue weighted by Gasteiger charge is -2.38. The van der Waals surface area contributed by atoms with E-state index in [1.807, 2.05) is 0 Å². The topological polar surface area (TPSA) is 72.6 Å². The number of likely N-dealkylation sites (tertiary alicyclic amines) is 1. The maximum atomic E-state index is 12.0. The number of ether oxygens (including phenoxy) is 1. The number of esters is 1. The zero-order valence-corrected chi connectivity index (χ0v) is 10.9. The third-order valence-electron chi connectivity index (χ3n) is 3.02. The minimum absolute atomic E-state index is 0.0995. The van der Waals surface area contributed by atoms with Crippen molar-refractivity contribution in [1.29, 1.82) is 0 Å². The van der Waals surface area contributed by atoms with Gasteiger partial charge in [-0.2, -0.15) is 0 Å². The Kier molecular flexibility index (Phi) is 4.51. The zero-order chi connectivity index (χ0) is 13.1. The lowest BCUT2D eigenvalue weighted by Crippen LogP contribution is -2.53. The Bertz CT molecular complexity index is 302. The smallest absolute Gasteiger partial charge is 0.332 e. The maximum Gasteiger partial charge on any atom is 0.332 e. The molecule has 1 amide bonds. The molecule has 0 aromatic heterocycles. The lowest BCUT2D eigenvalue weighted by molar-refractivity contribution is -0.152. The summed E-state index contributed by atoms with van der Waals surface area (Å²) in [5.74, 6) is -0.961. The van der Waals surface area contributed by atoms with E-state index in [0.717, 1.165) is 12.8 Å². The summed E-state index contributed by atoms with van der Waals surface area (Å²) in [6, 6.07) is -1.18. The molecule has 0 aromatic rings. The summed E-state index contributed by atoms with van der Waals surface area (Å²) in [6.07, 6.45) is 2.04. The molecule has 1 atom stereocenters. The Labute approximate surface area is 102 Å². The summed E-state index contributed by atoms with van der Waals surface area (Å²) in [5.41, 5.74) is 5.70. The molecule has 0 bridgehead atoms. The highest BCUT2D eigenvalue weighted by Crippen LogP contribution is 2.28. The fourth-order valence-electron chi connectivity index (χ4n) is 2.14. The van der Waals surface area contributed by atoms with Crippen LogP contribution in [0.4, 0.5) is 0 Å². The number of amides is 1. The quantitative estimate of drug-likeness (QED) is 0.578. The van der Waals surface area contributed by atoms with Crippen LogP contribution in [0.5, 0.6) is 0 Å². The number of nitrogens with zero attached hydrogens (tertiary/aromatic N) is 1. The Morgan fingerprint density at radius 3 is 2.65 bits per heavy atom. The molecule has 1 rings (SSSR count). The fraction of sp³-hybridized carbons (Fsp3) is 0.833. The van der Waals surface area contributed by atoms with Crippen LogP contribution in [-0.4, -0.2) is 42.5 Å². The van der Waals surface area contributed by atoms with Crippen molar-refractivity contribution in [2.24, 2.45) is 11.1 Å². The summed E-state index contributed by atoms with van der Waals surface area (Å²) in [7, 11) is 0. The summed E-state index contributed by atoms with van der Waals surface area (Å²) >= 11 is 0. The molecule has 1 aliphatic rings. The predicted octanol–water partition coefficient (Wildman–Crippen LogP) is 0.525. The molecule has 1 aliphatic heterocycles. The fourth-order valence-corrected chi connectivity index (χ4v) is 2.14. The number of rotatable bonds is 3. The summed E-state index contributed by atoms with van der Waals surface area (Å²) in [5, 5.41) is 0. The van der Waals surface area contributed by atoms with Gasteiger partial charge < -0.3 is 15.4 Å². The van der Waals surface area contributed by atoms with Gasteiger partial charge >= 0.3 is 5.97 Å². The van der Waals surface area contributed by atoms with E-state index in [1.54, 1.807) is 11.8 Å². The van der Waals surface area contributed by atoms with Gasteiger partial charge in [0.15, 0.2) is 6.04 Å². The molecule has 1 saturated heterocycles. The van der Waals surface area contributed by atoms with Gasteiger partial charge in [-0.25, -0.2) is 4.79 Å². The van der Waals surface area contributed by atoms with Crippen molar-refractivity contribution >= 4 is 11.9 Å². The van der Waals surface area contributed by atoms with Gasteiger partial charge in [0.25, 0.3) is 5.91 Å². The van der Waals surface area contributed by atoms with E-state index < -0.39 is 12.0 Å². The van der Waals surface area contributed by atoms with E-state index in [9.17, 15) is 9.59 Å². The van der Waals surface area contributed by atoms with Crippen molar-refractivity contribution in [3.05, 3.63) is 0 Å². The maximum absolute atomic E-state index is 12.0. The van der Waals surface area contributed by atoms with Crippen molar-refractivity contribution in [2.45, 2.75) is 39.7 Å². The van der Waals surface area contributed by atoms with Crippen LogP contribution >= 0.6 is 0 Å². The van der Waals surface area contributed by atoms with Crippen molar-refractivity contribution in [2.75, 3.05) is 19.7 Å². The van der Waals surface area contributed by atoms with Gasteiger partial charge in [-0.3, -0.25) is 4.79 Å². The third kappa shape index (κ3) is 3.70. The monoisotopic (exact) mass is 242 g/mol. The number of carbonyl (C=O) groups is 2. The molecular formula is C12H22N2O3. The molecule has 0 aromatic carbocycles. The van der Waals surface area contributed by atoms with E-state index >= 15 is 0 Å². The highest BCUT2D eigenvalue weighted by Gasteiger charge is 2.34. The number of nitrogens with two attached hydrogens (primary N) is 1. The first-order valence-electron chi connectivity index (χ1n) is 6.08. The van der Waals surface area contributed by atoms with E-state index in [-0.39, 0.29) is 17.9 Å². The standard InChI is InChI=1S/C12H22N2O3/c1-4-17-11(16)9(13)10(15)14-7-5-6-12(2,3)8-14/h9H,4-8,13H2,1-3H3. The molecule has 5 nitrogen and oxygen atoms in total. The first-order chi connectivity index (χ1) is 7.87. The number of carbonyl (C=O) groups excluding carboxylic acids is 2. The first kappa shape index (κ1) is 14.0. The van der Waals surface area contributed by atoms with E-state index in [4.69, 9.17) is 10.5 Å². The molecular weight excluding hydrogens is 220 g/mol. The lowest BCUT2D eigenvalue weighted by atomic mass is 9.84. The molecule has 1 unspecified atom stereocenters. The molecule has 1 heterocycles. The average Bonchev–Trinajstić information content (AvgIpc) is 2.26. The van der Waals surface area contributed by atoms with Gasteiger partial charge in [-0.15, -0.1) is 0 Å². The van der Waals surface area contributed by atoms with Crippen molar-refractivity contribution in [1.82, 2.24) is 4.90 Å². The van der Waals surface area contributed by atoms with Gasteiger partial charge in [-0.1, -0.05) is 13.8 Å². The Morgan fingerprint density at radius 2 is 2.12 bits per heavy atom. The van der Waals surface area contributed by atoms with Gasteiger partial charge in [0, 0.05) is 13.1 Å². The van der Waals surface area contributed by atoms with Gasteiger partial charge in [0.2, 0.25) is 0 Å². The SMILES string of the molecule is CCOC(=O)C(N)C(=O)N1CCCC(C)(C)C1. The Morgan fingerprint density at radius 1 is 1.47 bits per heavy atom. The number of piperidine rings is 1. The molecule has 0 saturated carbocycles. The van der Waals surface area contributed by atoms with Crippen LogP contribution in [0.3, 0.4) is 0 Å². The van der Waals surface area contributed by atoms with E-state index in [2.05, 4.69) is 13.8 Å². The predicted molar refractivity (Wildman–Crippen MR) is 64.2 cm³/mol. The van der Waals surface area contributed by atoms with Crippen LogP contribution < -0.4 is 5.73 Å². The molecule has 0 radical (unpaired) electrons. The van der Waals surface area contributed by atoms with Crippen LogP contribution in [0.1, 0.15) is 33.6 Å². The minimum atomic E-state index is -1.18. The summed E-state index contributed by atoms with van der Waals surface area (Å²) < 4.78 is 4.76. The molecule has 0 spiro atoms. The molecule has 1 fully saturated rings. The second kappa shape index (κ2) is 5.49. The molecule has 5 heteroatoms. The molecule has 17 heavy (non-hydrogen) atoms. The normalized spacial score (nSPS) is 20.8. The van der Waals surface area contributed by atoms with Crippen molar-refractivity contribution in [3.63, 3.8) is 0 Å². The highest BCUT2D eigenvalue weighted by atomic mass is 16.5. The first-order valence-corrected chi connectivity index (χ1v) is 6.08. The summed E-state index contributed by atoms with van der Waals surface area (Å²) in [6.45, 7) is 7.49. The van der Waals surface area contributed by atoms with Crippen LogP contribution in [0.2, 0.25) is 0 Å². The second-order valence-electron chi connectivity index (χ2n) is 5.26. The molecule has 98 valence electrons. The molecule has 0 aliphatic carbocycles. The van der Waals surface area contributed by atoms with E-state index in [0.29, 0.717) is 13.1 Å². The van der Waals surface area contributed by atoms with Crippen LogP contribution in [-0.2, 0) is 14.3 Å². The van der Waals surface area contributed by atoms with Crippen LogP contribution in [0, 0.1) is 5.41 Å². The van der Waals surface area contributed by atoms with Gasteiger partial charge in [-0.05, 0) is 25.2 Å². The number of hydrogen-bond acceptors (Lipinski definition) is 4. The van der Waals surface area contributed by atoms with Crippen LogP contribution in [0.25, 0.3) is 0 Å². The molecule has 2 N–H and O–H groups in total. The Hall–Kier alpha value is -1.10. The minimum Gasteiger partial charge on any atom is -0.464 e. The summed E-state index contributed by atoms with van der Waals surface area (Å²) in [4.78, 5) is 25.1. The van der Waals surface area contributed by atoms with Gasteiger partial charge in [0.1, 0.15) is 0 Å². The largest absolute Gasteiger partial charge is 0.464 e. The third-order valence-corrected chi connectivity index (χ3v) is 3.02. The van der Waals surface area contributed by atoms with E-state index in [1.165, 1.54) is 0 Å². The van der Waals surface area contributed by atoms with Crippen LogP contribution in [0.15, 0.2) is 0 Å². The van der Waals surface area contributed by atoms with Gasteiger partial charge in [0.05, 0.1) is 6.61 Å². The van der Waals surface area contributed by atoms with Crippen molar-refractivity contribution in [3.8, 4) is 0 Å².